The Morgan fingerprint density at radius 2 is 2.11 bits per heavy atom. The SMILES string of the molecule is CCOCCN(CC)C(=O)c1ccc2c(c1)CNC2. The Morgan fingerprint density at radius 3 is 2.84 bits per heavy atom. The number of carbonyl (C=O) groups is 1. The van der Waals surface area contributed by atoms with Gasteiger partial charge < -0.3 is 15.0 Å². The number of nitrogens with one attached hydrogen (secondary N) is 1. The molecule has 0 spiro atoms. The summed E-state index contributed by atoms with van der Waals surface area (Å²) in [6.07, 6.45) is 0. The van der Waals surface area contributed by atoms with Crippen LogP contribution in [0.25, 0.3) is 0 Å². The lowest BCUT2D eigenvalue weighted by Gasteiger charge is -2.21. The predicted octanol–water partition coefficient (Wildman–Crippen LogP) is 1.79. The first-order valence-electron chi connectivity index (χ1n) is 6.95. The molecule has 0 saturated carbocycles. The maximum absolute atomic E-state index is 12.4. The number of rotatable bonds is 6. The number of likely N-dealkylation sites (N-methyl/N-ethyl adjacent to an activating group) is 1. The minimum Gasteiger partial charge on any atom is -0.380 e. The molecule has 1 N–H and O–H groups in total. The van der Waals surface area contributed by atoms with Gasteiger partial charge in [0.15, 0.2) is 0 Å². The zero-order chi connectivity index (χ0) is 13.7. The predicted molar refractivity (Wildman–Crippen MR) is 75.1 cm³/mol. The molecule has 1 amide bonds. The summed E-state index contributed by atoms with van der Waals surface area (Å²) >= 11 is 0. The second-order valence-corrected chi connectivity index (χ2v) is 4.67. The molecule has 0 saturated heterocycles. The van der Waals surface area contributed by atoms with Crippen molar-refractivity contribution < 1.29 is 9.53 Å². The lowest BCUT2D eigenvalue weighted by Crippen LogP contribution is -2.34. The van der Waals surface area contributed by atoms with Gasteiger partial charge in [0, 0.05) is 38.3 Å². The lowest BCUT2D eigenvalue weighted by molar-refractivity contribution is 0.0669. The van der Waals surface area contributed by atoms with Gasteiger partial charge in [-0.2, -0.15) is 0 Å². The maximum atomic E-state index is 12.4. The average molecular weight is 262 g/mol. The van der Waals surface area contributed by atoms with E-state index in [0.717, 1.165) is 18.7 Å². The highest BCUT2D eigenvalue weighted by atomic mass is 16.5. The van der Waals surface area contributed by atoms with Crippen LogP contribution in [-0.2, 0) is 17.8 Å². The van der Waals surface area contributed by atoms with Crippen molar-refractivity contribution in [3.05, 3.63) is 34.9 Å². The first kappa shape index (κ1) is 14.0. The number of fused-ring (bicyclic) bond motifs is 1. The van der Waals surface area contributed by atoms with Crippen molar-refractivity contribution in [1.82, 2.24) is 10.2 Å². The Balaban J connectivity index is 2.04. The van der Waals surface area contributed by atoms with Gasteiger partial charge in [-0.25, -0.2) is 0 Å². The Hall–Kier alpha value is -1.39. The highest BCUT2D eigenvalue weighted by Gasteiger charge is 2.17. The van der Waals surface area contributed by atoms with Crippen LogP contribution in [0, 0.1) is 0 Å². The fourth-order valence-electron chi connectivity index (χ4n) is 2.33. The molecule has 0 atom stereocenters. The molecule has 1 aromatic carbocycles. The molecule has 104 valence electrons. The molecular formula is C15H22N2O2. The van der Waals surface area contributed by atoms with Gasteiger partial charge >= 0.3 is 0 Å². The van der Waals surface area contributed by atoms with Crippen molar-refractivity contribution in [2.75, 3.05) is 26.3 Å². The third-order valence-electron chi connectivity index (χ3n) is 3.46. The van der Waals surface area contributed by atoms with E-state index in [-0.39, 0.29) is 5.91 Å². The van der Waals surface area contributed by atoms with Crippen molar-refractivity contribution in [3.63, 3.8) is 0 Å². The number of carbonyl (C=O) groups excluding carboxylic acids is 1. The molecular weight excluding hydrogens is 240 g/mol. The van der Waals surface area contributed by atoms with Crippen molar-refractivity contribution in [1.29, 1.82) is 0 Å². The normalized spacial score (nSPS) is 13.4. The van der Waals surface area contributed by atoms with E-state index in [1.165, 1.54) is 11.1 Å². The molecule has 0 aliphatic carbocycles. The van der Waals surface area contributed by atoms with Crippen LogP contribution in [0.15, 0.2) is 18.2 Å². The summed E-state index contributed by atoms with van der Waals surface area (Å²) in [5.74, 6) is 0.0944. The van der Waals surface area contributed by atoms with Gasteiger partial charge in [-0.05, 0) is 37.1 Å². The fraction of sp³-hybridized carbons (Fsp3) is 0.533. The summed E-state index contributed by atoms with van der Waals surface area (Å²) < 4.78 is 5.32. The zero-order valence-electron chi connectivity index (χ0n) is 11.7. The van der Waals surface area contributed by atoms with E-state index in [2.05, 4.69) is 11.4 Å². The summed E-state index contributed by atoms with van der Waals surface area (Å²) in [7, 11) is 0. The van der Waals surface area contributed by atoms with E-state index in [0.29, 0.717) is 26.3 Å². The molecule has 4 nitrogen and oxygen atoms in total. The Kier molecular flexibility index (Phi) is 4.93. The van der Waals surface area contributed by atoms with E-state index in [9.17, 15) is 4.79 Å². The highest BCUT2D eigenvalue weighted by Crippen LogP contribution is 2.18. The molecule has 1 aromatic rings. The quantitative estimate of drug-likeness (QED) is 0.795. The van der Waals surface area contributed by atoms with Gasteiger partial charge in [-0.3, -0.25) is 4.79 Å². The Morgan fingerprint density at radius 1 is 1.32 bits per heavy atom. The van der Waals surface area contributed by atoms with Gasteiger partial charge in [-0.15, -0.1) is 0 Å². The maximum Gasteiger partial charge on any atom is 0.253 e. The molecule has 2 rings (SSSR count). The van der Waals surface area contributed by atoms with Crippen LogP contribution in [0.3, 0.4) is 0 Å². The van der Waals surface area contributed by atoms with Gasteiger partial charge in [0.25, 0.3) is 5.91 Å². The molecule has 19 heavy (non-hydrogen) atoms. The molecule has 1 aliphatic rings. The van der Waals surface area contributed by atoms with E-state index >= 15 is 0 Å². The topological polar surface area (TPSA) is 41.6 Å². The van der Waals surface area contributed by atoms with Gasteiger partial charge in [0.05, 0.1) is 6.61 Å². The van der Waals surface area contributed by atoms with Crippen molar-refractivity contribution in [2.45, 2.75) is 26.9 Å². The van der Waals surface area contributed by atoms with Crippen LogP contribution >= 0.6 is 0 Å². The smallest absolute Gasteiger partial charge is 0.253 e. The molecule has 0 unspecified atom stereocenters. The van der Waals surface area contributed by atoms with E-state index in [4.69, 9.17) is 4.74 Å². The number of ether oxygens (including phenoxy) is 1. The minimum atomic E-state index is 0.0944. The number of hydrogen-bond acceptors (Lipinski definition) is 3. The third kappa shape index (κ3) is 3.33. The molecule has 0 fully saturated rings. The number of amides is 1. The minimum absolute atomic E-state index is 0.0944. The molecule has 0 radical (unpaired) electrons. The fourth-order valence-corrected chi connectivity index (χ4v) is 2.33. The highest BCUT2D eigenvalue weighted by molar-refractivity contribution is 5.94. The molecule has 4 heteroatoms. The molecule has 0 aromatic heterocycles. The molecule has 0 bridgehead atoms. The lowest BCUT2D eigenvalue weighted by atomic mass is 10.1. The van der Waals surface area contributed by atoms with Gasteiger partial charge in [-0.1, -0.05) is 6.07 Å². The largest absolute Gasteiger partial charge is 0.380 e. The molecule has 1 heterocycles. The third-order valence-corrected chi connectivity index (χ3v) is 3.46. The summed E-state index contributed by atoms with van der Waals surface area (Å²) in [4.78, 5) is 14.3. The monoisotopic (exact) mass is 262 g/mol. The summed E-state index contributed by atoms with van der Waals surface area (Å²) in [5.41, 5.74) is 3.32. The van der Waals surface area contributed by atoms with Crippen LogP contribution in [0.5, 0.6) is 0 Å². The van der Waals surface area contributed by atoms with Crippen LogP contribution in [0.1, 0.15) is 35.3 Å². The van der Waals surface area contributed by atoms with Gasteiger partial charge in [0.2, 0.25) is 0 Å². The van der Waals surface area contributed by atoms with E-state index in [1.807, 2.05) is 30.9 Å². The molecule has 1 aliphatic heterocycles. The van der Waals surface area contributed by atoms with Crippen LogP contribution in [0.2, 0.25) is 0 Å². The summed E-state index contributed by atoms with van der Waals surface area (Å²) in [6.45, 7) is 8.39. The van der Waals surface area contributed by atoms with E-state index < -0.39 is 0 Å². The second kappa shape index (κ2) is 6.68. The standard InChI is InChI=1S/C15H22N2O2/c1-3-17(7-8-19-4-2)15(18)12-5-6-13-10-16-11-14(13)9-12/h5-6,9,16H,3-4,7-8,10-11H2,1-2H3. The number of nitrogens with zero attached hydrogens (tertiary/aromatic N) is 1. The van der Waals surface area contributed by atoms with Crippen LogP contribution in [-0.4, -0.2) is 37.1 Å². The average Bonchev–Trinajstić information content (AvgIpc) is 2.90. The van der Waals surface area contributed by atoms with Crippen molar-refractivity contribution in [3.8, 4) is 0 Å². The first-order chi connectivity index (χ1) is 9.26. The van der Waals surface area contributed by atoms with Gasteiger partial charge in [0.1, 0.15) is 0 Å². The number of benzene rings is 1. The van der Waals surface area contributed by atoms with Crippen molar-refractivity contribution in [2.24, 2.45) is 0 Å². The summed E-state index contributed by atoms with van der Waals surface area (Å²) in [5, 5.41) is 3.29. The Labute approximate surface area is 114 Å². The number of hydrogen-bond donors (Lipinski definition) is 1. The second-order valence-electron chi connectivity index (χ2n) is 4.67. The van der Waals surface area contributed by atoms with E-state index in [1.54, 1.807) is 0 Å². The van der Waals surface area contributed by atoms with Crippen LogP contribution < -0.4 is 5.32 Å². The summed E-state index contributed by atoms with van der Waals surface area (Å²) in [6, 6.07) is 6.00. The van der Waals surface area contributed by atoms with Crippen LogP contribution in [0.4, 0.5) is 0 Å². The zero-order valence-corrected chi connectivity index (χ0v) is 11.7. The Bertz CT molecular complexity index is 446. The first-order valence-corrected chi connectivity index (χ1v) is 6.95. The van der Waals surface area contributed by atoms with Crippen molar-refractivity contribution >= 4 is 5.91 Å².